The van der Waals surface area contributed by atoms with Gasteiger partial charge in [0.15, 0.2) is 6.10 Å². The van der Waals surface area contributed by atoms with E-state index in [1.807, 2.05) is 21.1 Å². The van der Waals surface area contributed by atoms with Crippen molar-refractivity contribution >= 4 is 31.7 Å². The van der Waals surface area contributed by atoms with Crippen LogP contribution < -0.4 is 4.89 Å². The number of carbonyl (C=O) groups is 4. The van der Waals surface area contributed by atoms with Crippen molar-refractivity contribution in [2.24, 2.45) is 0 Å². The smallest absolute Gasteiger partial charge is 0.306 e. The van der Waals surface area contributed by atoms with Crippen molar-refractivity contribution in [3.8, 4) is 0 Å². The maximum atomic E-state index is 12.9. The van der Waals surface area contributed by atoms with E-state index in [0.29, 0.717) is 56.0 Å². The minimum Gasteiger partial charge on any atom is -0.756 e. The summed E-state index contributed by atoms with van der Waals surface area (Å²) in [4.78, 5) is 63.6. The zero-order chi connectivity index (χ0) is 50.6. The maximum absolute atomic E-state index is 12.9. The lowest BCUT2D eigenvalue weighted by Crippen LogP contribution is -2.37. The molecule has 0 saturated heterocycles. The third kappa shape index (κ3) is 45.1. The number of likely N-dealkylation sites (N-methyl/N-ethyl adjacent to an activating group) is 1. The molecule has 0 aliphatic rings. The zero-order valence-electron chi connectivity index (χ0n) is 44.8. The summed E-state index contributed by atoms with van der Waals surface area (Å²) in [6.07, 6.45) is 32.6. The van der Waals surface area contributed by atoms with E-state index < -0.39 is 32.5 Å². The van der Waals surface area contributed by atoms with Crippen molar-refractivity contribution in [1.82, 2.24) is 0 Å². The topological polar surface area (TPSA) is 164 Å². The van der Waals surface area contributed by atoms with Gasteiger partial charge in [0.05, 0.1) is 27.7 Å². The van der Waals surface area contributed by atoms with Crippen molar-refractivity contribution in [2.45, 2.75) is 277 Å². The average Bonchev–Trinajstić information content (AvgIpc) is 3.28. The molecule has 0 rings (SSSR count). The molecule has 68 heavy (non-hydrogen) atoms. The first kappa shape index (κ1) is 66.0. The Hall–Kier alpha value is -2.05. The van der Waals surface area contributed by atoms with E-state index in [0.717, 1.165) is 77.0 Å². The van der Waals surface area contributed by atoms with Gasteiger partial charge in [-0.15, -0.1) is 0 Å². The second-order valence-electron chi connectivity index (χ2n) is 20.2. The number of rotatable bonds is 50. The largest absolute Gasteiger partial charge is 0.756 e. The number of quaternary nitrogens is 1. The van der Waals surface area contributed by atoms with E-state index in [1.165, 1.54) is 96.3 Å². The number of nitrogens with zero attached hydrogens (tertiary/aromatic N) is 1. The Balaban J connectivity index is 4.87. The van der Waals surface area contributed by atoms with Gasteiger partial charge in [-0.25, -0.2) is 0 Å². The minimum atomic E-state index is -4.72. The van der Waals surface area contributed by atoms with Crippen molar-refractivity contribution in [1.29, 1.82) is 0 Å². The van der Waals surface area contributed by atoms with Crippen molar-refractivity contribution in [3.63, 3.8) is 0 Å². The van der Waals surface area contributed by atoms with E-state index in [9.17, 15) is 28.6 Å². The zero-order valence-corrected chi connectivity index (χ0v) is 45.7. The molecule has 0 radical (unpaired) electrons. The standard InChI is InChI=1S/C54H104NO12P/c1-8-12-16-20-22-30-38-48(36-28-18-14-10-3)65-52(57)41-33-25-24-32-40-51(56)62-46-50(47-64-68(60,61)63-45-44-55(5,6)7)67-54(59)43-35-27-26-34-42-53(58)66-49(37-29-19-15-11-4)39-31-23-21-17-13-9-2/h48-50H,8-47H2,1-7H3. The number of hydrogen-bond acceptors (Lipinski definition) is 12. The lowest BCUT2D eigenvalue weighted by molar-refractivity contribution is -0.870. The third-order valence-corrected chi connectivity index (χ3v) is 13.3. The molecule has 0 N–H and O–H groups in total. The highest BCUT2D eigenvalue weighted by Crippen LogP contribution is 2.38. The average molecular weight is 990 g/mol. The van der Waals surface area contributed by atoms with Gasteiger partial charge in [0.1, 0.15) is 32.0 Å². The van der Waals surface area contributed by atoms with Gasteiger partial charge in [0.25, 0.3) is 7.82 Å². The van der Waals surface area contributed by atoms with Gasteiger partial charge < -0.3 is 37.4 Å². The van der Waals surface area contributed by atoms with Crippen LogP contribution in [0, 0.1) is 0 Å². The number of hydrogen-bond donors (Lipinski definition) is 0. The van der Waals surface area contributed by atoms with Gasteiger partial charge in [-0.3, -0.25) is 23.7 Å². The lowest BCUT2D eigenvalue weighted by atomic mass is 10.0. The molecule has 0 aromatic rings. The number of esters is 4. The fraction of sp³-hybridized carbons (Fsp3) is 0.926. The molecule has 0 amide bonds. The van der Waals surface area contributed by atoms with Crippen molar-refractivity contribution in [2.75, 3.05) is 47.5 Å². The molecule has 0 aromatic heterocycles. The van der Waals surface area contributed by atoms with Crippen LogP contribution in [0.3, 0.4) is 0 Å². The van der Waals surface area contributed by atoms with Crippen LogP contribution in [0.1, 0.15) is 259 Å². The van der Waals surface area contributed by atoms with Crippen molar-refractivity contribution in [3.05, 3.63) is 0 Å². The molecule has 0 aliphatic heterocycles. The van der Waals surface area contributed by atoms with Crippen LogP contribution >= 0.6 is 7.82 Å². The fourth-order valence-electron chi connectivity index (χ4n) is 7.96. The number of phosphoric ester groups is 1. The molecule has 0 bridgehead atoms. The molecule has 0 aromatic carbocycles. The van der Waals surface area contributed by atoms with E-state index >= 15 is 0 Å². The van der Waals surface area contributed by atoms with E-state index in [4.69, 9.17) is 28.0 Å². The highest BCUT2D eigenvalue weighted by molar-refractivity contribution is 7.45. The molecular formula is C54H104NO12P. The Morgan fingerprint density at radius 2 is 0.721 bits per heavy atom. The summed E-state index contributed by atoms with van der Waals surface area (Å²) >= 11 is 0. The van der Waals surface area contributed by atoms with Gasteiger partial charge in [0, 0.05) is 25.7 Å². The summed E-state index contributed by atoms with van der Waals surface area (Å²) in [5, 5.41) is 0. The first-order valence-corrected chi connectivity index (χ1v) is 29.2. The Kier molecular flexibility index (Phi) is 43.5. The van der Waals surface area contributed by atoms with Crippen molar-refractivity contribution < 1.29 is 61.1 Å². The Morgan fingerprint density at radius 3 is 1.09 bits per heavy atom. The van der Waals surface area contributed by atoms with Gasteiger partial charge in [-0.05, 0) is 77.0 Å². The minimum absolute atomic E-state index is 0.00846. The van der Waals surface area contributed by atoms with E-state index in [2.05, 4.69) is 27.7 Å². The summed E-state index contributed by atoms with van der Waals surface area (Å²) in [5.41, 5.74) is 0. The molecule has 0 saturated carbocycles. The summed E-state index contributed by atoms with van der Waals surface area (Å²) in [5.74, 6) is -1.37. The number of unbranched alkanes of at least 4 members (excludes halogenated alkanes) is 22. The molecule has 402 valence electrons. The van der Waals surface area contributed by atoms with Gasteiger partial charge >= 0.3 is 23.9 Å². The predicted octanol–water partition coefficient (Wildman–Crippen LogP) is 13.6. The molecule has 0 spiro atoms. The van der Waals surface area contributed by atoms with Crippen LogP contribution in [0.15, 0.2) is 0 Å². The quantitative estimate of drug-likeness (QED) is 0.0187. The number of ether oxygens (including phenoxy) is 4. The van der Waals surface area contributed by atoms with E-state index in [-0.39, 0.29) is 50.2 Å². The Labute approximate surface area is 416 Å². The first-order chi connectivity index (χ1) is 32.6. The molecule has 0 heterocycles. The van der Waals surface area contributed by atoms with Gasteiger partial charge in [-0.2, -0.15) is 0 Å². The van der Waals surface area contributed by atoms with Crippen LogP contribution in [-0.4, -0.2) is 94.2 Å². The molecule has 13 nitrogen and oxygen atoms in total. The molecular weight excluding hydrogens is 886 g/mol. The highest BCUT2D eigenvalue weighted by atomic mass is 31.2. The predicted molar refractivity (Wildman–Crippen MR) is 272 cm³/mol. The van der Waals surface area contributed by atoms with Crippen LogP contribution in [0.2, 0.25) is 0 Å². The van der Waals surface area contributed by atoms with Crippen LogP contribution in [0.5, 0.6) is 0 Å². The second kappa shape index (κ2) is 44.9. The Morgan fingerprint density at radius 1 is 0.412 bits per heavy atom. The van der Waals surface area contributed by atoms with Crippen LogP contribution in [0.25, 0.3) is 0 Å². The molecule has 0 aliphatic carbocycles. The normalized spacial score (nSPS) is 13.9. The number of phosphoric acid groups is 1. The van der Waals surface area contributed by atoms with Gasteiger partial charge in [0.2, 0.25) is 0 Å². The van der Waals surface area contributed by atoms with E-state index in [1.54, 1.807) is 0 Å². The lowest BCUT2D eigenvalue weighted by Gasteiger charge is -2.28. The Bertz CT molecular complexity index is 1280. The summed E-state index contributed by atoms with van der Waals surface area (Å²) in [7, 11) is 0.994. The molecule has 14 heteroatoms. The fourth-order valence-corrected chi connectivity index (χ4v) is 8.69. The van der Waals surface area contributed by atoms with Crippen LogP contribution in [0.4, 0.5) is 0 Å². The maximum Gasteiger partial charge on any atom is 0.306 e. The summed E-state index contributed by atoms with van der Waals surface area (Å²) < 4.78 is 45.9. The second-order valence-corrected chi connectivity index (χ2v) is 21.7. The monoisotopic (exact) mass is 990 g/mol. The molecule has 0 fully saturated rings. The SMILES string of the molecule is CCCCCCCCC(CCCCCC)OC(=O)CCCCCCC(=O)OCC(COP(=O)([O-])OCC[N+](C)(C)C)OC(=O)CCCCCCC(=O)OC(CCCCCC)CCCCCCCC. The summed E-state index contributed by atoms with van der Waals surface area (Å²) in [6.45, 7) is 8.25. The molecule has 4 unspecified atom stereocenters. The summed E-state index contributed by atoms with van der Waals surface area (Å²) in [6, 6.07) is 0. The number of carbonyl (C=O) groups excluding carboxylic acids is 4. The molecule has 4 atom stereocenters. The third-order valence-electron chi connectivity index (χ3n) is 12.3. The van der Waals surface area contributed by atoms with Crippen LogP contribution in [-0.2, 0) is 51.7 Å². The highest BCUT2D eigenvalue weighted by Gasteiger charge is 2.22. The first-order valence-electron chi connectivity index (χ1n) is 27.8. The van der Waals surface area contributed by atoms with Gasteiger partial charge in [-0.1, -0.05) is 156 Å².